The van der Waals surface area contributed by atoms with Crippen LogP contribution in [-0.4, -0.2) is 148 Å². The normalized spacial score (nSPS) is 14.5. The summed E-state index contributed by atoms with van der Waals surface area (Å²) in [6.07, 6.45) is -1.68. The number of aliphatic carboxylic acids is 1. The summed E-state index contributed by atoms with van der Waals surface area (Å²) in [6, 6.07) is -6.04. The summed E-state index contributed by atoms with van der Waals surface area (Å²) in [6.45, 7) is 6.27. The molecule has 20 N–H and O–H groups in total. The lowest BCUT2D eigenvalue weighted by Crippen LogP contribution is -2.61. The molecule has 1 aromatic carbocycles. The number of carbonyl (C=O) groups is 10. The molecule has 1 rings (SSSR count). The SMILES string of the molecule is CC(C)C[C@H](NC(=O)[C@H](CCC(N)=O)NC(=O)[C@H](CS)NC(=O)[C@H](CO)NC(=O)[C@@H](N)CC(C)C)C(=O)N[C@H](Cc1ccc(O)cc1)C(=O)N[C@@H](CCC(N)=O)C(=O)N[C@@H](CCCN=C(N)N)C(=O)O. The van der Waals surface area contributed by atoms with Gasteiger partial charge in [-0.3, -0.25) is 48.1 Å². The topological polar surface area (TPSA) is 458 Å². The number of thiol groups is 1. The molecule has 0 heterocycles. The van der Waals surface area contributed by atoms with Gasteiger partial charge in [0.15, 0.2) is 5.96 Å². The zero-order chi connectivity index (χ0) is 53.2. The average Bonchev–Trinajstić information content (AvgIpc) is 3.27. The van der Waals surface area contributed by atoms with Gasteiger partial charge < -0.3 is 81.2 Å². The van der Waals surface area contributed by atoms with E-state index in [-0.39, 0.29) is 74.4 Å². The summed E-state index contributed by atoms with van der Waals surface area (Å²) in [5, 5.41) is 46.5. The Morgan fingerprint density at radius 2 is 0.986 bits per heavy atom. The number of aromatic hydroxyl groups is 1. The predicted molar refractivity (Wildman–Crippen MR) is 258 cm³/mol. The molecule has 9 amide bonds. The fourth-order valence-electron chi connectivity index (χ4n) is 6.57. The van der Waals surface area contributed by atoms with E-state index >= 15 is 0 Å². The highest BCUT2D eigenvalue weighted by molar-refractivity contribution is 7.80. The number of hydrogen-bond acceptors (Lipinski definition) is 15. The third kappa shape index (κ3) is 24.0. The molecule has 8 atom stereocenters. The number of primary amides is 2. The third-order valence-electron chi connectivity index (χ3n) is 10.2. The number of nitrogens with two attached hydrogens (primary N) is 5. The molecule has 0 radical (unpaired) electrons. The lowest BCUT2D eigenvalue weighted by molar-refractivity contribution is -0.142. The molecule has 0 aliphatic carbocycles. The highest BCUT2D eigenvalue weighted by Crippen LogP contribution is 2.14. The first kappa shape index (κ1) is 61.3. The third-order valence-corrected chi connectivity index (χ3v) is 10.6. The van der Waals surface area contributed by atoms with Gasteiger partial charge in [-0.15, -0.1) is 0 Å². The largest absolute Gasteiger partial charge is 0.508 e. The Kier molecular flexibility index (Phi) is 27.5. The number of phenolic OH excluding ortho intramolecular Hbond substituents is 1. The van der Waals surface area contributed by atoms with Crippen molar-refractivity contribution in [2.24, 2.45) is 45.5 Å². The molecule has 0 aliphatic rings. The summed E-state index contributed by atoms with van der Waals surface area (Å²) in [4.78, 5) is 135. The maximum Gasteiger partial charge on any atom is 0.326 e. The Bertz CT molecular complexity index is 1990. The molecule has 392 valence electrons. The number of benzene rings is 1. The second-order valence-corrected chi connectivity index (χ2v) is 17.7. The second-order valence-electron chi connectivity index (χ2n) is 17.3. The van der Waals surface area contributed by atoms with E-state index in [0.29, 0.717) is 5.56 Å². The molecule has 0 saturated heterocycles. The van der Waals surface area contributed by atoms with Crippen molar-refractivity contribution in [3.63, 3.8) is 0 Å². The Balaban J connectivity index is 3.49. The lowest BCUT2D eigenvalue weighted by Gasteiger charge is -2.28. The average molecular weight is 1010 g/mol. The van der Waals surface area contributed by atoms with Gasteiger partial charge in [0.05, 0.1) is 12.6 Å². The van der Waals surface area contributed by atoms with Gasteiger partial charge in [-0.1, -0.05) is 39.8 Å². The van der Waals surface area contributed by atoms with E-state index in [9.17, 15) is 63.3 Å². The van der Waals surface area contributed by atoms with Gasteiger partial charge in [-0.2, -0.15) is 12.6 Å². The Labute approximate surface area is 411 Å². The number of hydrogen-bond donors (Lipinski definition) is 16. The predicted octanol–water partition coefficient (Wildman–Crippen LogP) is -4.66. The molecule has 26 nitrogen and oxygen atoms in total. The number of nitrogens with zero attached hydrogens (tertiary/aromatic N) is 1. The standard InChI is InChI=1S/C43H71N13O13S/c1-21(2)16-25(44)35(61)55-31(19-57)40(66)56-32(20-70)41(67)51-27(12-14-34(46)60)37(63)53-29(17-22(3)4)38(64)54-30(18-23-7-9-24(58)10-8-23)39(65)50-26(11-13-33(45)59)36(62)52-28(42(68)69)6-5-15-49-43(47)48/h7-10,21-22,25-32,57-58,70H,5-6,11-20,44H2,1-4H3,(H2,45,59)(H2,46,60)(H,50,65)(H,51,67)(H,52,62)(H,53,63)(H,54,64)(H,55,61)(H,56,66)(H,68,69)(H4,47,48,49)/t25-,26-,27-,28-,29-,30+,31-,32-/m0/s1. The van der Waals surface area contributed by atoms with Crippen molar-refractivity contribution < 1.29 is 63.3 Å². The monoisotopic (exact) mass is 1010 g/mol. The Morgan fingerprint density at radius 1 is 0.571 bits per heavy atom. The molecule has 0 aliphatic heterocycles. The number of nitrogens with one attached hydrogen (secondary N) is 7. The Hall–Kier alpha value is -6.74. The molecule has 0 fully saturated rings. The highest BCUT2D eigenvalue weighted by Gasteiger charge is 2.35. The number of aliphatic hydroxyl groups excluding tert-OH is 1. The molecule has 1 aromatic rings. The van der Waals surface area contributed by atoms with E-state index in [2.05, 4.69) is 54.8 Å². The molecule has 0 spiro atoms. The molecule has 70 heavy (non-hydrogen) atoms. The van der Waals surface area contributed by atoms with Crippen molar-refractivity contribution in [2.45, 2.75) is 134 Å². The van der Waals surface area contributed by atoms with Crippen molar-refractivity contribution in [1.29, 1.82) is 0 Å². The maximum atomic E-state index is 14.2. The number of carboxylic acids is 1. The quantitative estimate of drug-likeness (QED) is 0.0136. The first-order chi connectivity index (χ1) is 32.8. The number of carboxylic acid groups (broad SMARTS) is 1. The van der Waals surface area contributed by atoms with E-state index in [0.717, 1.165) is 0 Å². The summed E-state index contributed by atoms with van der Waals surface area (Å²) in [5.74, 6) is -10.7. The van der Waals surface area contributed by atoms with Gasteiger partial charge in [0.1, 0.15) is 48.0 Å². The van der Waals surface area contributed by atoms with E-state index in [1.807, 2.05) is 13.8 Å². The number of aliphatic hydroxyl groups is 1. The van der Waals surface area contributed by atoms with E-state index in [1.165, 1.54) is 24.3 Å². The summed E-state index contributed by atoms with van der Waals surface area (Å²) in [7, 11) is 0. The second kappa shape index (κ2) is 31.4. The molecule has 0 aromatic heterocycles. The van der Waals surface area contributed by atoms with Crippen molar-refractivity contribution >= 4 is 77.7 Å². The summed E-state index contributed by atoms with van der Waals surface area (Å²) < 4.78 is 0. The molecule has 0 saturated carbocycles. The van der Waals surface area contributed by atoms with Gasteiger partial charge >= 0.3 is 5.97 Å². The van der Waals surface area contributed by atoms with Crippen molar-refractivity contribution in [2.75, 3.05) is 18.9 Å². The molecule has 0 bridgehead atoms. The van der Waals surface area contributed by atoms with Crippen molar-refractivity contribution in [3.05, 3.63) is 29.8 Å². The number of amides is 9. The number of guanidine groups is 1. The van der Waals surface area contributed by atoms with Crippen LogP contribution >= 0.6 is 12.6 Å². The minimum Gasteiger partial charge on any atom is -0.508 e. The smallest absolute Gasteiger partial charge is 0.326 e. The van der Waals surface area contributed by atoms with Crippen LogP contribution in [0, 0.1) is 11.8 Å². The minimum atomic E-state index is -1.56. The number of aliphatic imine (C=N–C) groups is 1. The van der Waals surface area contributed by atoms with Crippen LogP contribution in [0.5, 0.6) is 5.75 Å². The first-order valence-corrected chi connectivity index (χ1v) is 23.1. The Morgan fingerprint density at radius 3 is 1.44 bits per heavy atom. The van der Waals surface area contributed by atoms with Crippen LogP contribution in [-0.2, 0) is 54.4 Å². The summed E-state index contributed by atoms with van der Waals surface area (Å²) in [5.41, 5.74) is 27.6. The van der Waals surface area contributed by atoms with Crippen molar-refractivity contribution in [3.8, 4) is 5.75 Å². The van der Waals surface area contributed by atoms with Gasteiger partial charge in [0, 0.05) is 31.6 Å². The summed E-state index contributed by atoms with van der Waals surface area (Å²) >= 11 is 4.14. The van der Waals surface area contributed by atoms with Crippen LogP contribution < -0.4 is 65.9 Å². The van der Waals surface area contributed by atoms with Crippen LogP contribution in [0.15, 0.2) is 29.3 Å². The highest BCUT2D eigenvalue weighted by atomic mass is 32.1. The van der Waals surface area contributed by atoms with Crippen molar-refractivity contribution in [1.82, 2.24) is 37.2 Å². The van der Waals surface area contributed by atoms with Crippen LogP contribution in [0.25, 0.3) is 0 Å². The minimum absolute atomic E-state index is 0.0411. The van der Waals surface area contributed by atoms with E-state index in [1.54, 1.807) is 13.8 Å². The first-order valence-electron chi connectivity index (χ1n) is 22.5. The molecule has 27 heteroatoms. The number of phenols is 1. The van der Waals surface area contributed by atoms with Gasteiger partial charge in [-0.05, 0) is 68.1 Å². The maximum absolute atomic E-state index is 14.2. The van der Waals surface area contributed by atoms with E-state index < -0.39 is 133 Å². The zero-order valence-corrected chi connectivity index (χ0v) is 40.7. The number of carbonyl (C=O) groups excluding carboxylic acids is 9. The zero-order valence-electron chi connectivity index (χ0n) is 39.8. The fraction of sp³-hybridized carbons (Fsp3) is 0.605. The molecular formula is C43H71N13O13S. The number of rotatable bonds is 33. The lowest BCUT2D eigenvalue weighted by atomic mass is 9.99. The van der Waals surface area contributed by atoms with Crippen LogP contribution in [0.2, 0.25) is 0 Å². The van der Waals surface area contributed by atoms with E-state index in [4.69, 9.17) is 28.7 Å². The fourth-order valence-corrected chi connectivity index (χ4v) is 6.82. The van der Waals surface area contributed by atoms with Crippen LogP contribution in [0.4, 0.5) is 0 Å². The van der Waals surface area contributed by atoms with Crippen LogP contribution in [0.3, 0.4) is 0 Å². The van der Waals surface area contributed by atoms with Gasteiger partial charge in [0.25, 0.3) is 0 Å². The van der Waals surface area contributed by atoms with Crippen LogP contribution in [0.1, 0.15) is 84.6 Å². The van der Waals surface area contributed by atoms with Gasteiger partial charge in [0.2, 0.25) is 53.2 Å². The molecule has 0 unspecified atom stereocenters. The molecular weight excluding hydrogens is 939 g/mol. The van der Waals surface area contributed by atoms with Gasteiger partial charge in [-0.25, -0.2) is 4.79 Å².